The van der Waals surface area contributed by atoms with Gasteiger partial charge in [-0.25, -0.2) is 4.98 Å². The summed E-state index contributed by atoms with van der Waals surface area (Å²) in [5, 5.41) is 4.14. The lowest BCUT2D eigenvalue weighted by atomic mass is 9.90. The van der Waals surface area contributed by atoms with Crippen molar-refractivity contribution in [2.45, 2.75) is 25.7 Å². The molecule has 0 N–H and O–H groups in total. The number of aromatic nitrogens is 2. The third kappa shape index (κ3) is 2.38. The molecule has 124 valence electrons. The smallest absolute Gasteiger partial charge is 0.195 e. The highest BCUT2D eigenvalue weighted by molar-refractivity contribution is 7.17. The molecule has 0 bridgehead atoms. The average Bonchev–Trinajstić information content (AvgIpc) is 3.37. The quantitative estimate of drug-likeness (QED) is 0.451. The van der Waals surface area contributed by atoms with Gasteiger partial charge in [-0.05, 0) is 54.3 Å². The van der Waals surface area contributed by atoms with Crippen molar-refractivity contribution >= 4 is 33.9 Å². The number of nitrogens with zero attached hydrogens (tertiary/aromatic N) is 2. The summed E-state index contributed by atoms with van der Waals surface area (Å²) in [4.78, 5) is 18.7. The first-order valence-electron chi connectivity index (χ1n) is 8.46. The third-order valence-electron chi connectivity index (χ3n) is 4.91. The van der Waals surface area contributed by atoms with Crippen LogP contribution in [0.1, 0.15) is 34.5 Å². The average molecular weight is 364 g/mol. The van der Waals surface area contributed by atoms with Crippen molar-refractivity contribution in [2.75, 3.05) is 0 Å². The van der Waals surface area contributed by atoms with Gasteiger partial charge in [0.15, 0.2) is 11.2 Å². The lowest BCUT2D eigenvalue weighted by Gasteiger charge is -2.16. The minimum Gasteiger partial charge on any atom is -0.296 e. The molecule has 3 nitrogen and oxygen atoms in total. The Bertz CT molecular complexity index is 1070. The summed E-state index contributed by atoms with van der Waals surface area (Å²) in [5.74, 6) is 0. The molecule has 0 fully saturated rings. The number of rotatable bonds is 3. The number of carbonyl (C=O) groups is 1. The molecule has 1 aliphatic rings. The van der Waals surface area contributed by atoms with Crippen LogP contribution in [-0.4, -0.2) is 15.7 Å². The van der Waals surface area contributed by atoms with Crippen molar-refractivity contribution in [3.05, 3.63) is 57.9 Å². The van der Waals surface area contributed by atoms with Gasteiger partial charge in [-0.1, -0.05) is 18.2 Å². The van der Waals surface area contributed by atoms with Crippen molar-refractivity contribution in [2.24, 2.45) is 0 Å². The van der Waals surface area contributed by atoms with Gasteiger partial charge in [0.2, 0.25) is 0 Å². The Balaban J connectivity index is 1.71. The number of imidazole rings is 1. The molecule has 4 aromatic rings. The van der Waals surface area contributed by atoms with Crippen molar-refractivity contribution in [1.29, 1.82) is 0 Å². The monoisotopic (exact) mass is 364 g/mol. The summed E-state index contributed by atoms with van der Waals surface area (Å²) in [6.07, 6.45) is 5.76. The van der Waals surface area contributed by atoms with Crippen LogP contribution in [0.2, 0.25) is 0 Å². The topological polar surface area (TPSA) is 34.4 Å². The van der Waals surface area contributed by atoms with Crippen LogP contribution in [0.5, 0.6) is 0 Å². The minimum absolute atomic E-state index is 0.649. The third-order valence-corrected chi connectivity index (χ3v) is 6.62. The number of thiazole rings is 1. The Morgan fingerprint density at radius 1 is 1.08 bits per heavy atom. The maximum absolute atomic E-state index is 11.9. The zero-order chi connectivity index (χ0) is 16.8. The van der Waals surface area contributed by atoms with E-state index >= 15 is 0 Å². The van der Waals surface area contributed by atoms with Gasteiger partial charge in [-0.2, -0.15) is 0 Å². The molecule has 3 aromatic heterocycles. The predicted molar refractivity (Wildman–Crippen MR) is 104 cm³/mol. The van der Waals surface area contributed by atoms with Crippen molar-refractivity contribution in [3.63, 3.8) is 0 Å². The summed E-state index contributed by atoms with van der Waals surface area (Å²) < 4.78 is 2.00. The maximum Gasteiger partial charge on any atom is 0.195 e. The zero-order valence-electron chi connectivity index (χ0n) is 13.6. The number of hydrogen-bond acceptors (Lipinski definition) is 4. The fourth-order valence-electron chi connectivity index (χ4n) is 3.68. The number of hydrogen-bond donors (Lipinski definition) is 0. The summed E-state index contributed by atoms with van der Waals surface area (Å²) in [7, 11) is 0. The molecule has 0 unspecified atom stereocenters. The Hall–Kier alpha value is -2.24. The highest BCUT2D eigenvalue weighted by Gasteiger charge is 2.20. The molecule has 1 aliphatic carbocycles. The summed E-state index contributed by atoms with van der Waals surface area (Å²) >= 11 is 3.27. The van der Waals surface area contributed by atoms with E-state index in [9.17, 15) is 4.79 Å². The van der Waals surface area contributed by atoms with Crippen molar-refractivity contribution < 1.29 is 4.79 Å². The molecular weight excluding hydrogens is 348 g/mol. The van der Waals surface area contributed by atoms with Gasteiger partial charge in [-0.3, -0.25) is 9.20 Å². The van der Waals surface area contributed by atoms with Gasteiger partial charge in [0.25, 0.3) is 0 Å². The van der Waals surface area contributed by atoms with Crippen LogP contribution >= 0.6 is 22.7 Å². The minimum atomic E-state index is 0.649. The van der Waals surface area contributed by atoms with Crippen LogP contribution < -0.4 is 0 Å². The van der Waals surface area contributed by atoms with E-state index in [0.717, 1.165) is 45.9 Å². The molecule has 0 amide bonds. The van der Waals surface area contributed by atoms with E-state index in [0.29, 0.717) is 5.69 Å². The number of benzene rings is 1. The SMILES string of the molecule is O=Cc1c(-c2ccc3c(c2)CCCC3)nc2scc(-c3cccs3)n12. The first-order chi connectivity index (χ1) is 12.3. The standard InChI is InChI=1S/C20H16N2OS2/c23-11-16-19(15-8-7-13-4-1-2-5-14(13)10-15)21-20-22(16)17(12-25-20)18-6-3-9-24-18/h3,6-12H,1-2,4-5H2. The predicted octanol–water partition coefficient (Wildman–Crippen LogP) is 5.48. The van der Waals surface area contributed by atoms with Gasteiger partial charge in [0, 0.05) is 10.9 Å². The van der Waals surface area contributed by atoms with Gasteiger partial charge < -0.3 is 0 Å². The molecule has 25 heavy (non-hydrogen) atoms. The van der Waals surface area contributed by atoms with E-state index < -0.39 is 0 Å². The Labute approximate surface area is 153 Å². The van der Waals surface area contributed by atoms with Crippen LogP contribution in [0.15, 0.2) is 41.1 Å². The number of aldehydes is 1. The number of aryl methyl sites for hydroxylation is 2. The molecule has 0 saturated carbocycles. The molecule has 0 spiro atoms. The lowest BCUT2D eigenvalue weighted by molar-refractivity contribution is 0.111. The van der Waals surface area contributed by atoms with E-state index in [4.69, 9.17) is 4.98 Å². The first kappa shape index (κ1) is 15.0. The van der Waals surface area contributed by atoms with Crippen molar-refractivity contribution in [3.8, 4) is 21.8 Å². The second-order valence-electron chi connectivity index (χ2n) is 6.37. The van der Waals surface area contributed by atoms with Gasteiger partial charge in [-0.15, -0.1) is 22.7 Å². The van der Waals surface area contributed by atoms with Crippen LogP contribution in [0.25, 0.3) is 26.8 Å². The molecule has 1 aromatic carbocycles. The molecule has 5 heteroatoms. The van der Waals surface area contributed by atoms with Crippen LogP contribution in [-0.2, 0) is 12.8 Å². The normalized spacial score (nSPS) is 13.9. The number of fused-ring (bicyclic) bond motifs is 2. The van der Waals surface area contributed by atoms with E-state index in [-0.39, 0.29) is 0 Å². The highest BCUT2D eigenvalue weighted by atomic mass is 32.1. The Morgan fingerprint density at radius 2 is 1.96 bits per heavy atom. The second kappa shape index (κ2) is 5.93. The molecule has 0 saturated heterocycles. The van der Waals surface area contributed by atoms with Crippen LogP contribution in [0.4, 0.5) is 0 Å². The number of carbonyl (C=O) groups excluding carboxylic acids is 1. The fourth-order valence-corrected chi connectivity index (χ4v) is 5.38. The molecule has 3 heterocycles. The largest absolute Gasteiger partial charge is 0.296 e. The van der Waals surface area contributed by atoms with Gasteiger partial charge >= 0.3 is 0 Å². The molecule has 5 rings (SSSR count). The molecule has 0 atom stereocenters. The molecule has 0 aliphatic heterocycles. The van der Waals surface area contributed by atoms with Crippen LogP contribution in [0.3, 0.4) is 0 Å². The molecular formula is C20H16N2OS2. The second-order valence-corrected chi connectivity index (χ2v) is 8.15. The summed E-state index contributed by atoms with van der Waals surface area (Å²) in [5.41, 5.74) is 6.41. The van der Waals surface area contributed by atoms with Crippen molar-refractivity contribution in [1.82, 2.24) is 9.38 Å². The van der Waals surface area contributed by atoms with E-state index in [1.54, 1.807) is 22.7 Å². The van der Waals surface area contributed by atoms with E-state index in [1.807, 2.05) is 10.5 Å². The van der Waals surface area contributed by atoms with Gasteiger partial charge in [0.1, 0.15) is 11.4 Å². The lowest BCUT2D eigenvalue weighted by Crippen LogP contribution is -2.02. The summed E-state index contributed by atoms with van der Waals surface area (Å²) in [6, 6.07) is 10.7. The fraction of sp³-hybridized carbons (Fsp3) is 0.200. The van der Waals surface area contributed by atoms with E-state index in [2.05, 4.69) is 35.0 Å². The Morgan fingerprint density at radius 3 is 2.76 bits per heavy atom. The zero-order valence-corrected chi connectivity index (χ0v) is 15.2. The van der Waals surface area contributed by atoms with E-state index in [1.165, 1.54) is 24.0 Å². The number of thiophene rings is 1. The first-order valence-corrected chi connectivity index (χ1v) is 10.2. The molecule has 0 radical (unpaired) electrons. The highest BCUT2D eigenvalue weighted by Crippen LogP contribution is 2.35. The Kier molecular flexibility index (Phi) is 3.57. The summed E-state index contributed by atoms with van der Waals surface area (Å²) in [6.45, 7) is 0. The maximum atomic E-state index is 11.9. The van der Waals surface area contributed by atoms with Crippen LogP contribution in [0, 0.1) is 0 Å². The van der Waals surface area contributed by atoms with Gasteiger partial charge in [0.05, 0.1) is 10.6 Å².